The Hall–Kier alpha value is -0.680. The fourth-order valence-corrected chi connectivity index (χ4v) is 2.00. The predicted molar refractivity (Wildman–Crippen MR) is 61.6 cm³/mol. The highest BCUT2D eigenvalue weighted by Crippen LogP contribution is 2.34. The first-order valence-corrected chi connectivity index (χ1v) is 5.91. The van der Waals surface area contributed by atoms with Gasteiger partial charge in [-0.2, -0.15) is 0 Å². The van der Waals surface area contributed by atoms with E-state index >= 15 is 0 Å². The summed E-state index contributed by atoms with van der Waals surface area (Å²) in [6.45, 7) is 0.750. The minimum Gasteiger partial charge on any atom is -0.390 e. The number of nitrogens with zero attached hydrogens (tertiary/aromatic N) is 2. The Morgan fingerprint density at radius 2 is 2.27 bits per heavy atom. The second-order valence-corrected chi connectivity index (χ2v) is 4.79. The summed E-state index contributed by atoms with van der Waals surface area (Å²) in [5, 5.41) is 13.0. The second-order valence-electron chi connectivity index (χ2n) is 3.98. The van der Waals surface area contributed by atoms with E-state index in [1.165, 1.54) is 6.33 Å². The first-order valence-electron chi connectivity index (χ1n) is 5.12. The van der Waals surface area contributed by atoms with Gasteiger partial charge in [0, 0.05) is 12.6 Å². The third-order valence-electron chi connectivity index (χ3n) is 2.81. The van der Waals surface area contributed by atoms with E-state index in [1.807, 2.05) is 6.07 Å². The zero-order valence-corrected chi connectivity index (χ0v) is 10.00. The van der Waals surface area contributed by atoms with E-state index < -0.39 is 5.60 Å². The van der Waals surface area contributed by atoms with Crippen molar-refractivity contribution in [3.05, 3.63) is 17.0 Å². The SMILES string of the molecule is OC1(CCNc2cc(Br)ncn2)CCC1. The average Bonchev–Trinajstić information content (AvgIpc) is 2.15. The molecule has 1 heterocycles. The van der Waals surface area contributed by atoms with Crippen molar-refractivity contribution < 1.29 is 5.11 Å². The van der Waals surface area contributed by atoms with E-state index in [1.54, 1.807) is 0 Å². The molecule has 0 bridgehead atoms. The third kappa shape index (κ3) is 2.89. The van der Waals surface area contributed by atoms with Crippen LogP contribution in [0, 0.1) is 0 Å². The molecule has 0 saturated heterocycles. The van der Waals surface area contributed by atoms with Gasteiger partial charge >= 0.3 is 0 Å². The largest absolute Gasteiger partial charge is 0.390 e. The molecule has 2 N–H and O–H groups in total. The number of hydrogen-bond acceptors (Lipinski definition) is 4. The molecule has 15 heavy (non-hydrogen) atoms. The van der Waals surface area contributed by atoms with Crippen molar-refractivity contribution in [2.24, 2.45) is 0 Å². The zero-order valence-electron chi connectivity index (χ0n) is 8.41. The molecule has 4 nitrogen and oxygen atoms in total. The van der Waals surface area contributed by atoms with Gasteiger partial charge < -0.3 is 10.4 Å². The van der Waals surface area contributed by atoms with Gasteiger partial charge in [-0.25, -0.2) is 9.97 Å². The van der Waals surface area contributed by atoms with Crippen LogP contribution in [0.15, 0.2) is 17.0 Å². The molecule has 0 amide bonds. The van der Waals surface area contributed by atoms with Gasteiger partial charge in [-0.1, -0.05) is 0 Å². The molecule has 0 spiro atoms. The van der Waals surface area contributed by atoms with Gasteiger partial charge in [0.2, 0.25) is 0 Å². The summed E-state index contributed by atoms with van der Waals surface area (Å²) in [4.78, 5) is 8.01. The van der Waals surface area contributed by atoms with Gasteiger partial charge in [0.1, 0.15) is 16.7 Å². The van der Waals surface area contributed by atoms with E-state index in [0.29, 0.717) is 0 Å². The number of nitrogens with one attached hydrogen (secondary N) is 1. The van der Waals surface area contributed by atoms with Crippen molar-refractivity contribution in [2.75, 3.05) is 11.9 Å². The van der Waals surface area contributed by atoms with Gasteiger partial charge in [0.05, 0.1) is 5.60 Å². The van der Waals surface area contributed by atoms with Crippen LogP contribution < -0.4 is 5.32 Å². The quantitative estimate of drug-likeness (QED) is 0.822. The third-order valence-corrected chi connectivity index (χ3v) is 3.25. The van der Waals surface area contributed by atoms with Crippen LogP contribution in [0.5, 0.6) is 0 Å². The molecule has 82 valence electrons. The lowest BCUT2D eigenvalue weighted by molar-refractivity contribution is -0.0370. The molecule has 0 radical (unpaired) electrons. The summed E-state index contributed by atoms with van der Waals surface area (Å²) in [6.07, 6.45) is 5.30. The summed E-state index contributed by atoms with van der Waals surface area (Å²) in [5.74, 6) is 0.791. The van der Waals surface area contributed by atoms with Crippen LogP contribution in [0.25, 0.3) is 0 Å². The van der Waals surface area contributed by atoms with Crippen LogP contribution in [0.3, 0.4) is 0 Å². The molecule has 1 aromatic heterocycles. The van der Waals surface area contributed by atoms with Crippen LogP contribution in [-0.4, -0.2) is 27.2 Å². The van der Waals surface area contributed by atoms with Crippen LogP contribution in [0.1, 0.15) is 25.7 Å². The summed E-state index contributed by atoms with van der Waals surface area (Å²) in [6, 6.07) is 1.82. The molecule has 0 unspecified atom stereocenters. The lowest BCUT2D eigenvalue weighted by atomic mass is 9.78. The number of anilines is 1. The Kier molecular flexibility index (Phi) is 3.21. The first-order chi connectivity index (χ1) is 7.18. The summed E-state index contributed by atoms with van der Waals surface area (Å²) >= 11 is 3.28. The zero-order chi connectivity index (χ0) is 10.7. The fraction of sp³-hybridized carbons (Fsp3) is 0.600. The molecule has 0 aromatic carbocycles. The molecule has 5 heteroatoms. The van der Waals surface area contributed by atoms with Gasteiger partial charge in [0.25, 0.3) is 0 Å². The van der Waals surface area contributed by atoms with Crippen LogP contribution in [-0.2, 0) is 0 Å². The minimum absolute atomic E-state index is 0.419. The lowest BCUT2D eigenvalue weighted by Crippen LogP contribution is -2.38. The molecule has 0 atom stereocenters. The van der Waals surface area contributed by atoms with Crippen molar-refractivity contribution in [1.29, 1.82) is 0 Å². The molecule has 1 fully saturated rings. The smallest absolute Gasteiger partial charge is 0.130 e. The number of hydrogen-bond donors (Lipinski definition) is 2. The number of rotatable bonds is 4. The topological polar surface area (TPSA) is 58.0 Å². The van der Waals surface area contributed by atoms with Crippen molar-refractivity contribution in [3.63, 3.8) is 0 Å². The standard InChI is InChI=1S/C10H14BrN3O/c11-8-6-9(14-7-13-8)12-5-4-10(15)2-1-3-10/h6-7,15H,1-5H2,(H,12,13,14). The maximum atomic E-state index is 9.86. The second kappa shape index (κ2) is 4.45. The molecule has 2 rings (SSSR count). The maximum absolute atomic E-state index is 9.86. The van der Waals surface area contributed by atoms with Gasteiger partial charge in [-0.3, -0.25) is 0 Å². The molecule has 0 aliphatic heterocycles. The minimum atomic E-state index is -0.419. The van der Waals surface area contributed by atoms with Gasteiger partial charge in [-0.15, -0.1) is 0 Å². The van der Waals surface area contributed by atoms with Crippen molar-refractivity contribution in [3.8, 4) is 0 Å². The summed E-state index contributed by atoms with van der Waals surface area (Å²) in [5.41, 5.74) is -0.419. The Balaban J connectivity index is 1.78. The van der Waals surface area contributed by atoms with E-state index in [-0.39, 0.29) is 0 Å². The highest BCUT2D eigenvalue weighted by Gasteiger charge is 2.33. The predicted octanol–water partition coefficient (Wildman–Crippen LogP) is 1.96. The Bertz CT molecular complexity index is 341. The summed E-state index contributed by atoms with van der Waals surface area (Å²) < 4.78 is 0.766. The lowest BCUT2D eigenvalue weighted by Gasteiger charge is -2.36. The van der Waals surface area contributed by atoms with E-state index in [4.69, 9.17) is 0 Å². The van der Waals surface area contributed by atoms with E-state index in [2.05, 4.69) is 31.2 Å². The van der Waals surface area contributed by atoms with Crippen LogP contribution >= 0.6 is 15.9 Å². The van der Waals surface area contributed by atoms with Crippen LogP contribution in [0.4, 0.5) is 5.82 Å². The van der Waals surface area contributed by atoms with Gasteiger partial charge in [0.15, 0.2) is 0 Å². The monoisotopic (exact) mass is 271 g/mol. The normalized spacial score (nSPS) is 18.3. The fourth-order valence-electron chi connectivity index (χ4n) is 1.69. The molecular formula is C10H14BrN3O. The number of halogens is 1. The number of aliphatic hydroxyl groups is 1. The van der Waals surface area contributed by atoms with E-state index in [0.717, 1.165) is 42.6 Å². The summed E-state index contributed by atoms with van der Waals surface area (Å²) in [7, 11) is 0. The Labute approximate surface area is 97.3 Å². The highest BCUT2D eigenvalue weighted by atomic mass is 79.9. The van der Waals surface area contributed by atoms with Crippen molar-refractivity contribution in [1.82, 2.24) is 9.97 Å². The molecule has 1 saturated carbocycles. The van der Waals surface area contributed by atoms with E-state index in [9.17, 15) is 5.11 Å². The Morgan fingerprint density at radius 1 is 1.47 bits per heavy atom. The molecule has 1 aromatic rings. The van der Waals surface area contributed by atoms with Crippen molar-refractivity contribution >= 4 is 21.7 Å². The maximum Gasteiger partial charge on any atom is 0.130 e. The molecule has 1 aliphatic carbocycles. The number of aromatic nitrogens is 2. The van der Waals surface area contributed by atoms with Crippen LogP contribution in [0.2, 0.25) is 0 Å². The average molecular weight is 272 g/mol. The Morgan fingerprint density at radius 3 is 2.87 bits per heavy atom. The molecular weight excluding hydrogens is 258 g/mol. The highest BCUT2D eigenvalue weighted by molar-refractivity contribution is 9.10. The first kappa shape index (κ1) is 10.8. The molecule has 1 aliphatic rings. The van der Waals surface area contributed by atoms with Gasteiger partial charge in [-0.05, 0) is 41.6 Å². The van der Waals surface area contributed by atoms with Crippen molar-refractivity contribution in [2.45, 2.75) is 31.3 Å².